The van der Waals surface area contributed by atoms with Crippen LogP contribution in [0, 0.1) is 0 Å². The SMILES string of the molecule is [N-]=[N+]=NC1CCCCN1C1(c2ccccc2)CCCCC1. The Morgan fingerprint density at radius 1 is 1.05 bits per heavy atom. The lowest BCUT2D eigenvalue weighted by Gasteiger charge is -2.51. The van der Waals surface area contributed by atoms with Gasteiger partial charge in [-0.05, 0) is 43.3 Å². The summed E-state index contributed by atoms with van der Waals surface area (Å²) in [6.45, 7) is 1.05. The number of hydrogen-bond donors (Lipinski definition) is 0. The Labute approximate surface area is 126 Å². The molecule has 2 fully saturated rings. The van der Waals surface area contributed by atoms with Crippen LogP contribution in [0.3, 0.4) is 0 Å². The highest BCUT2D eigenvalue weighted by atomic mass is 15.4. The maximum Gasteiger partial charge on any atom is 0.0893 e. The third kappa shape index (κ3) is 2.78. The summed E-state index contributed by atoms with van der Waals surface area (Å²) in [5.74, 6) is 0. The van der Waals surface area contributed by atoms with Crippen LogP contribution in [0.4, 0.5) is 0 Å². The van der Waals surface area contributed by atoms with Crippen molar-refractivity contribution >= 4 is 0 Å². The monoisotopic (exact) mass is 284 g/mol. The van der Waals surface area contributed by atoms with Gasteiger partial charge in [-0.25, -0.2) is 0 Å². The van der Waals surface area contributed by atoms with Crippen molar-refractivity contribution in [3.05, 3.63) is 46.3 Å². The summed E-state index contributed by atoms with van der Waals surface area (Å²) in [6, 6.07) is 10.9. The van der Waals surface area contributed by atoms with Crippen molar-refractivity contribution < 1.29 is 0 Å². The number of likely N-dealkylation sites (tertiary alicyclic amines) is 1. The summed E-state index contributed by atoms with van der Waals surface area (Å²) in [5.41, 5.74) is 10.4. The second-order valence-corrected chi connectivity index (χ2v) is 6.33. The van der Waals surface area contributed by atoms with Crippen molar-refractivity contribution in [2.75, 3.05) is 6.54 Å². The molecule has 0 radical (unpaired) electrons. The predicted octanol–water partition coefficient (Wildman–Crippen LogP) is 4.97. The predicted molar refractivity (Wildman–Crippen MR) is 84.7 cm³/mol. The molecular formula is C17H24N4. The molecule has 1 heterocycles. The number of hydrogen-bond acceptors (Lipinski definition) is 2. The number of benzene rings is 1. The van der Waals surface area contributed by atoms with E-state index in [-0.39, 0.29) is 11.7 Å². The number of nitrogens with zero attached hydrogens (tertiary/aromatic N) is 4. The third-order valence-electron chi connectivity index (χ3n) is 5.20. The van der Waals surface area contributed by atoms with E-state index >= 15 is 0 Å². The van der Waals surface area contributed by atoms with Gasteiger partial charge < -0.3 is 0 Å². The molecule has 21 heavy (non-hydrogen) atoms. The molecule has 1 aliphatic heterocycles. The molecule has 1 atom stereocenters. The molecule has 0 N–H and O–H groups in total. The molecule has 0 aromatic heterocycles. The Morgan fingerprint density at radius 3 is 2.52 bits per heavy atom. The maximum absolute atomic E-state index is 8.92. The molecule has 4 nitrogen and oxygen atoms in total. The van der Waals surface area contributed by atoms with E-state index in [0.717, 1.165) is 13.0 Å². The van der Waals surface area contributed by atoms with E-state index in [4.69, 9.17) is 5.53 Å². The van der Waals surface area contributed by atoms with Gasteiger partial charge in [0.25, 0.3) is 0 Å². The molecule has 112 valence electrons. The quantitative estimate of drug-likeness (QED) is 0.439. The van der Waals surface area contributed by atoms with Gasteiger partial charge in [0.15, 0.2) is 0 Å². The first kappa shape index (κ1) is 14.4. The van der Waals surface area contributed by atoms with Crippen LogP contribution in [-0.2, 0) is 5.54 Å². The normalized spacial score (nSPS) is 26.0. The Hall–Kier alpha value is -1.51. The number of rotatable bonds is 3. The van der Waals surface area contributed by atoms with Gasteiger partial charge >= 0.3 is 0 Å². The largest absolute Gasteiger partial charge is 0.285 e. The Balaban J connectivity index is 2.00. The average Bonchev–Trinajstić information content (AvgIpc) is 2.57. The zero-order chi connectivity index (χ0) is 14.5. The molecule has 1 aromatic rings. The molecule has 3 rings (SSSR count). The topological polar surface area (TPSA) is 52.0 Å². The highest BCUT2D eigenvalue weighted by Gasteiger charge is 2.43. The van der Waals surface area contributed by atoms with Crippen LogP contribution in [0.1, 0.15) is 56.9 Å². The smallest absolute Gasteiger partial charge is 0.0893 e. The van der Waals surface area contributed by atoms with Crippen LogP contribution in [0.2, 0.25) is 0 Å². The van der Waals surface area contributed by atoms with Crippen LogP contribution in [0.15, 0.2) is 35.4 Å². The standard InChI is InChI=1S/C17H24N4/c18-20-19-16-11-5-8-14-21(16)17(12-6-2-7-13-17)15-9-3-1-4-10-15/h1,3-4,9-10,16H,2,5-8,11-14H2. The maximum atomic E-state index is 8.92. The summed E-state index contributed by atoms with van der Waals surface area (Å²) < 4.78 is 0. The molecule has 1 saturated heterocycles. The Morgan fingerprint density at radius 2 is 1.81 bits per heavy atom. The first-order valence-electron chi connectivity index (χ1n) is 8.23. The van der Waals surface area contributed by atoms with Crippen LogP contribution < -0.4 is 0 Å². The molecule has 2 aliphatic rings. The first-order valence-corrected chi connectivity index (χ1v) is 8.23. The summed E-state index contributed by atoms with van der Waals surface area (Å²) in [4.78, 5) is 5.63. The average molecular weight is 284 g/mol. The van der Waals surface area contributed by atoms with E-state index in [9.17, 15) is 0 Å². The fourth-order valence-electron chi connectivity index (χ4n) is 4.22. The molecule has 1 unspecified atom stereocenters. The van der Waals surface area contributed by atoms with Crippen molar-refractivity contribution in [3.63, 3.8) is 0 Å². The molecule has 1 saturated carbocycles. The van der Waals surface area contributed by atoms with E-state index in [1.54, 1.807) is 0 Å². The van der Waals surface area contributed by atoms with Gasteiger partial charge in [0.2, 0.25) is 0 Å². The second-order valence-electron chi connectivity index (χ2n) is 6.33. The van der Waals surface area contributed by atoms with Crippen molar-refractivity contribution in [1.82, 2.24) is 4.90 Å². The minimum absolute atomic E-state index is 0.0297. The van der Waals surface area contributed by atoms with Crippen molar-refractivity contribution in [2.45, 2.75) is 63.1 Å². The molecular weight excluding hydrogens is 260 g/mol. The summed E-state index contributed by atoms with van der Waals surface area (Å²) >= 11 is 0. The second kappa shape index (κ2) is 6.50. The summed E-state index contributed by atoms with van der Waals surface area (Å²) in [7, 11) is 0. The zero-order valence-corrected chi connectivity index (χ0v) is 12.6. The summed E-state index contributed by atoms with van der Waals surface area (Å²) in [6.07, 6.45) is 9.66. The van der Waals surface area contributed by atoms with E-state index in [0.29, 0.717) is 0 Å². The van der Waals surface area contributed by atoms with E-state index in [2.05, 4.69) is 45.3 Å². The lowest BCUT2D eigenvalue weighted by Crippen LogP contribution is -2.53. The molecule has 1 aromatic carbocycles. The number of azide groups is 1. The van der Waals surface area contributed by atoms with Gasteiger partial charge in [-0.15, -0.1) is 0 Å². The fraction of sp³-hybridized carbons (Fsp3) is 0.647. The molecule has 0 amide bonds. The minimum atomic E-state index is 0.0297. The fourth-order valence-corrected chi connectivity index (χ4v) is 4.22. The van der Waals surface area contributed by atoms with Crippen molar-refractivity contribution in [1.29, 1.82) is 0 Å². The van der Waals surface area contributed by atoms with Gasteiger partial charge in [0, 0.05) is 10.5 Å². The van der Waals surface area contributed by atoms with Gasteiger partial charge in [-0.1, -0.05) is 61.1 Å². The van der Waals surface area contributed by atoms with Crippen LogP contribution in [-0.4, -0.2) is 17.6 Å². The highest BCUT2D eigenvalue weighted by molar-refractivity contribution is 5.26. The van der Waals surface area contributed by atoms with Crippen LogP contribution in [0.5, 0.6) is 0 Å². The van der Waals surface area contributed by atoms with Crippen LogP contribution in [0.25, 0.3) is 10.4 Å². The van der Waals surface area contributed by atoms with Gasteiger partial charge in [-0.3, -0.25) is 4.90 Å². The Bertz CT molecular complexity index is 501. The molecule has 0 spiro atoms. The molecule has 1 aliphatic carbocycles. The molecule has 0 bridgehead atoms. The molecule has 4 heteroatoms. The van der Waals surface area contributed by atoms with Gasteiger partial charge in [0.05, 0.1) is 6.17 Å². The lowest BCUT2D eigenvalue weighted by atomic mass is 9.74. The van der Waals surface area contributed by atoms with Gasteiger partial charge in [0.1, 0.15) is 0 Å². The van der Waals surface area contributed by atoms with Crippen molar-refractivity contribution in [3.8, 4) is 0 Å². The van der Waals surface area contributed by atoms with E-state index in [1.165, 1.54) is 50.5 Å². The lowest BCUT2D eigenvalue weighted by molar-refractivity contribution is -0.0100. The van der Waals surface area contributed by atoms with Crippen LogP contribution >= 0.6 is 0 Å². The van der Waals surface area contributed by atoms with E-state index in [1.807, 2.05) is 0 Å². The first-order chi connectivity index (χ1) is 10.4. The summed E-state index contributed by atoms with van der Waals surface area (Å²) in [5, 5.41) is 4.12. The third-order valence-corrected chi connectivity index (χ3v) is 5.20. The Kier molecular flexibility index (Phi) is 4.47. The highest BCUT2D eigenvalue weighted by Crippen LogP contribution is 2.45. The van der Waals surface area contributed by atoms with Crippen molar-refractivity contribution in [2.24, 2.45) is 5.11 Å². The van der Waals surface area contributed by atoms with Gasteiger partial charge in [-0.2, -0.15) is 0 Å². The van der Waals surface area contributed by atoms with E-state index < -0.39 is 0 Å². The zero-order valence-electron chi connectivity index (χ0n) is 12.6. The number of piperidine rings is 1. The minimum Gasteiger partial charge on any atom is -0.285 e.